The van der Waals surface area contributed by atoms with Crippen molar-refractivity contribution in [3.63, 3.8) is 0 Å². The highest BCUT2D eigenvalue weighted by Crippen LogP contribution is 2.34. The molecule has 0 spiro atoms. The van der Waals surface area contributed by atoms with Gasteiger partial charge in [-0.3, -0.25) is 4.79 Å². The highest BCUT2D eigenvalue weighted by Gasteiger charge is 2.16. The fourth-order valence-corrected chi connectivity index (χ4v) is 5.87. The van der Waals surface area contributed by atoms with Gasteiger partial charge in [0.25, 0.3) is 0 Å². The maximum Gasteiger partial charge on any atom is 0.320 e. The smallest absolute Gasteiger partial charge is 0.320 e. The van der Waals surface area contributed by atoms with Crippen molar-refractivity contribution in [3.05, 3.63) is 50.2 Å². The number of halogens is 4. The molecular weight excluding hydrogens is 750 g/mol. The minimum absolute atomic E-state index is 0.294. The molecule has 2 aromatic carbocycles. The van der Waals surface area contributed by atoms with Crippen molar-refractivity contribution in [3.8, 4) is 11.5 Å². The van der Waals surface area contributed by atoms with E-state index in [1.165, 1.54) is 0 Å². The SMILES string of the molecule is N[C@@H](Cc1cc(I)c(Oc2cc(I)cc(I)c2)c(I)c1)C(=O)O. The van der Waals surface area contributed by atoms with Crippen molar-refractivity contribution in [2.45, 2.75) is 12.5 Å². The molecule has 0 aliphatic heterocycles. The Labute approximate surface area is 188 Å². The van der Waals surface area contributed by atoms with Crippen LogP contribution in [0.1, 0.15) is 5.56 Å². The number of rotatable bonds is 5. The Balaban J connectivity index is 2.28. The third kappa shape index (κ3) is 5.81. The summed E-state index contributed by atoms with van der Waals surface area (Å²) in [6.07, 6.45) is 0.294. The fraction of sp³-hybridized carbons (Fsp3) is 0.133. The van der Waals surface area contributed by atoms with Crippen LogP contribution >= 0.6 is 90.4 Å². The molecule has 0 radical (unpaired) electrons. The van der Waals surface area contributed by atoms with E-state index in [1.54, 1.807) is 0 Å². The maximum atomic E-state index is 10.9. The van der Waals surface area contributed by atoms with Crippen LogP contribution in [0.4, 0.5) is 0 Å². The van der Waals surface area contributed by atoms with Crippen LogP contribution in [0, 0.1) is 14.3 Å². The lowest BCUT2D eigenvalue weighted by Gasteiger charge is -2.14. The lowest BCUT2D eigenvalue weighted by molar-refractivity contribution is -0.138. The molecule has 0 saturated carbocycles. The van der Waals surface area contributed by atoms with Crippen molar-refractivity contribution in [1.29, 1.82) is 0 Å². The summed E-state index contributed by atoms with van der Waals surface area (Å²) in [5.41, 5.74) is 6.49. The van der Waals surface area contributed by atoms with E-state index in [-0.39, 0.29) is 0 Å². The van der Waals surface area contributed by atoms with Crippen LogP contribution in [0.3, 0.4) is 0 Å². The van der Waals surface area contributed by atoms with E-state index in [1.807, 2.05) is 24.3 Å². The summed E-state index contributed by atoms with van der Waals surface area (Å²) in [7, 11) is 0. The van der Waals surface area contributed by atoms with E-state index in [0.717, 1.165) is 31.3 Å². The normalized spacial score (nSPS) is 12.0. The molecule has 0 fully saturated rings. The number of carboxylic acids is 1. The second kappa shape index (κ2) is 8.80. The fourth-order valence-electron chi connectivity index (χ4n) is 1.87. The average molecular weight is 761 g/mol. The molecule has 0 saturated heterocycles. The molecule has 23 heavy (non-hydrogen) atoms. The molecule has 2 aromatic rings. The quantitative estimate of drug-likeness (QED) is 0.428. The summed E-state index contributed by atoms with van der Waals surface area (Å²) in [5.74, 6) is 0.563. The van der Waals surface area contributed by atoms with Crippen LogP contribution in [-0.4, -0.2) is 17.1 Å². The summed E-state index contributed by atoms with van der Waals surface area (Å²) in [6.45, 7) is 0. The first kappa shape index (κ1) is 19.9. The second-order valence-electron chi connectivity index (χ2n) is 4.74. The monoisotopic (exact) mass is 761 g/mol. The molecule has 0 unspecified atom stereocenters. The lowest BCUT2D eigenvalue weighted by Crippen LogP contribution is -2.32. The number of ether oxygens (including phenoxy) is 1. The Bertz CT molecular complexity index is 708. The van der Waals surface area contributed by atoms with Gasteiger partial charge in [0.1, 0.15) is 11.8 Å². The number of aliphatic carboxylic acids is 1. The van der Waals surface area contributed by atoms with Crippen molar-refractivity contribution >= 4 is 96.3 Å². The average Bonchev–Trinajstić information content (AvgIpc) is 2.41. The van der Waals surface area contributed by atoms with Crippen molar-refractivity contribution < 1.29 is 14.6 Å². The van der Waals surface area contributed by atoms with Gasteiger partial charge in [0.2, 0.25) is 0 Å². The van der Waals surface area contributed by atoms with E-state index in [2.05, 4.69) is 96.4 Å². The molecule has 1 atom stereocenters. The van der Waals surface area contributed by atoms with Gasteiger partial charge in [0, 0.05) is 7.14 Å². The van der Waals surface area contributed by atoms with Crippen LogP contribution in [0.5, 0.6) is 11.5 Å². The molecule has 122 valence electrons. The van der Waals surface area contributed by atoms with Gasteiger partial charge in [-0.15, -0.1) is 0 Å². The van der Waals surface area contributed by atoms with Crippen LogP contribution in [0.2, 0.25) is 0 Å². The maximum absolute atomic E-state index is 10.9. The number of hydrogen-bond donors (Lipinski definition) is 2. The molecule has 0 aliphatic rings. The Hall–Kier alpha value is 0.590. The summed E-state index contributed by atoms with van der Waals surface area (Å²) >= 11 is 8.91. The van der Waals surface area contributed by atoms with Gasteiger partial charge >= 0.3 is 5.97 Å². The van der Waals surface area contributed by atoms with Crippen LogP contribution in [-0.2, 0) is 11.2 Å². The Morgan fingerprint density at radius 3 is 2.04 bits per heavy atom. The second-order valence-corrected chi connectivity index (χ2v) is 9.56. The molecule has 0 aromatic heterocycles. The zero-order valence-corrected chi connectivity index (χ0v) is 20.2. The van der Waals surface area contributed by atoms with Gasteiger partial charge < -0.3 is 15.6 Å². The third-order valence-corrected chi connectivity index (χ3v) is 5.74. The number of carbonyl (C=O) groups is 1. The van der Waals surface area contributed by atoms with Crippen LogP contribution < -0.4 is 10.5 Å². The number of benzene rings is 2. The van der Waals surface area contributed by atoms with Gasteiger partial charge in [-0.2, -0.15) is 0 Å². The number of carboxylic acid groups (broad SMARTS) is 1. The van der Waals surface area contributed by atoms with E-state index >= 15 is 0 Å². The summed E-state index contributed by atoms with van der Waals surface area (Å²) in [4.78, 5) is 10.9. The van der Waals surface area contributed by atoms with E-state index in [9.17, 15) is 4.79 Å². The number of hydrogen-bond acceptors (Lipinski definition) is 3. The Morgan fingerprint density at radius 1 is 1.04 bits per heavy atom. The van der Waals surface area contributed by atoms with Gasteiger partial charge in [-0.05, 0) is 133 Å². The molecule has 8 heteroatoms. The van der Waals surface area contributed by atoms with Gasteiger partial charge in [-0.25, -0.2) is 0 Å². The predicted molar refractivity (Wildman–Crippen MR) is 123 cm³/mol. The Morgan fingerprint density at radius 2 is 1.57 bits per heavy atom. The van der Waals surface area contributed by atoms with Crippen LogP contribution in [0.15, 0.2) is 30.3 Å². The van der Waals surface area contributed by atoms with Crippen molar-refractivity contribution in [2.75, 3.05) is 0 Å². The summed E-state index contributed by atoms with van der Waals surface area (Å²) in [5, 5.41) is 8.93. The first-order chi connectivity index (χ1) is 10.8. The predicted octanol–water partition coefficient (Wildman–Crippen LogP) is 4.85. The van der Waals surface area contributed by atoms with E-state index < -0.39 is 12.0 Å². The third-order valence-electron chi connectivity index (χ3n) is 2.89. The zero-order chi connectivity index (χ0) is 17.1. The van der Waals surface area contributed by atoms with E-state index in [4.69, 9.17) is 15.6 Å². The molecule has 4 nitrogen and oxygen atoms in total. The molecule has 0 aliphatic carbocycles. The summed E-state index contributed by atoms with van der Waals surface area (Å²) in [6, 6.07) is 8.96. The Kier molecular flexibility index (Phi) is 7.62. The highest BCUT2D eigenvalue weighted by atomic mass is 127. The largest absolute Gasteiger partial charge is 0.480 e. The minimum atomic E-state index is -0.997. The molecule has 0 heterocycles. The standard InChI is InChI=1S/C15H11I4NO3/c16-8-4-9(17)6-10(5-8)23-14-11(18)1-7(2-12(14)19)3-13(20)15(21)22/h1-2,4-6,13H,3,20H2,(H,21,22)/t13-/m0/s1. The highest BCUT2D eigenvalue weighted by molar-refractivity contribution is 14.1. The topological polar surface area (TPSA) is 72.5 Å². The molecule has 0 amide bonds. The molecule has 0 bridgehead atoms. The number of nitrogens with two attached hydrogens (primary N) is 1. The van der Waals surface area contributed by atoms with Crippen molar-refractivity contribution in [2.24, 2.45) is 5.73 Å². The summed E-state index contributed by atoms with van der Waals surface area (Å²) < 4.78 is 10.1. The van der Waals surface area contributed by atoms with E-state index in [0.29, 0.717) is 6.42 Å². The first-order valence-corrected chi connectivity index (χ1v) is 10.7. The van der Waals surface area contributed by atoms with Gasteiger partial charge in [0.15, 0.2) is 5.75 Å². The van der Waals surface area contributed by atoms with Gasteiger partial charge in [-0.1, -0.05) is 0 Å². The van der Waals surface area contributed by atoms with Crippen LogP contribution in [0.25, 0.3) is 0 Å². The molecule has 3 N–H and O–H groups in total. The lowest BCUT2D eigenvalue weighted by atomic mass is 10.1. The minimum Gasteiger partial charge on any atom is -0.480 e. The molecule has 2 rings (SSSR count). The zero-order valence-electron chi connectivity index (χ0n) is 11.5. The van der Waals surface area contributed by atoms with Gasteiger partial charge in [0.05, 0.1) is 7.14 Å². The first-order valence-electron chi connectivity index (χ1n) is 6.36. The van der Waals surface area contributed by atoms with Crippen molar-refractivity contribution in [1.82, 2.24) is 0 Å². The molecular formula is C15H11I4NO3.